The summed E-state index contributed by atoms with van der Waals surface area (Å²) >= 11 is 1.71. The summed E-state index contributed by atoms with van der Waals surface area (Å²) in [5, 5.41) is 5.24. The molecule has 0 atom stereocenters. The van der Waals surface area contributed by atoms with E-state index in [0.29, 0.717) is 0 Å². The van der Waals surface area contributed by atoms with Crippen molar-refractivity contribution >= 4 is 22.4 Å². The molecule has 92 valence electrons. The largest absolute Gasteiger partial charge is 0.337 e. The molecular formula is C14H15N3S. The van der Waals surface area contributed by atoms with Crippen molar-refractivity contribution in [3.8, 4) is 10.7 Å². The number of aromatic amines is 1. The van der Waals surface area contributed by atoms with Crippen LogP contribution in [0, 0.1) is 0 Å². The van der Waals surface area contributed by atoms with E-state index >= 15 is 0 Å². The molecule has 0 saturated heterocycles. The summed E-state index contributed by atoms with van der Waals surface area (Å²) in [5.74, 6) is 0.964. The molecule has 1 aromatic carbocycles. The van der Waals surface area contributed by atoms with Gasteiger partial charge in [0.25, 0.3) is 0 Å². The highest BCUT2D eigenvalue weighted by molar-refractivity contribution is 7.13. The Balaban J connectivity index is 1.97. The van der Waals surface area contributed by atoms with Crippen molar-refractivity contribution in [2.75, 3.05) is 13.6 Å². The van der Waals surface area contributed by atoms with E-state index in [4.69, 9.17) is 0 Å². The molecule has 3 aromatic rings. The zero-order valence-electron chi connectivity index (χ0n) is 10.2. The summed E-state index contributed by atoms with van der Waals surface area (Å²) in [6, 6.07) is 10.6. The molecule has 0 saturated carbocycles. The van der Waals surface area contributed by atoms with E-state index in [-0.39, 0.29) is 0 Å². The number of likely N-dealkylation sites (N-methyl/N-ethyl adjacent to an activating group) is 1. The van der Waals surface area contributed by atoms with Crippen molar-refractivity contribution in [3.05, 3.63) is 41.3 Å². The van der Waals surface area contributed by atoms with E-state index in [9.17, 15) is 0 Å². The van der Waals surface area contributed by atoms with Gasteiger partial charge in [0.2, 0.25) is 0 Å². The van der Waals surface area contributed by atoms with E-state index in [2.05, 4.69) is 44.9 Å². The van der Waals surface area contributed by atoms with Gasteiger partial charge in [-0.1, -0.05) is 12.1 Å². The van der Waals surface area contributed by atoms with Crippen LogP contribution in [0.2, 0.25) is 0 Å². The standard InChI is InChI=1S/C14H15N3S/c1-15-7-6-10-4-5-11-12(9-10)17-14(16-11)13-3-2-8-18-13/h2-5,8-9,15H,6-7H2,1H3,(H,16,17). The van der Waals surface area contributed by atoms with Crippen molar-refractivity contribution in [2.45, 2.75) is 6.42 Å². The van der Waals surface area contributed by atoms with Crippen LogP contribution in [-0.2, 0) is 6.42 Å². The maximum Gasteiger partial charge on any atom is 0.148 e. The number of nitrogens with one attached hydrogen (secondary N) is 2. The van der Waals surface area contributed by atoms with Crippen LogP contribution in [0.25, 0.3) is 21.7 Å². The van der Waals surface area contributed by atoms with Gasteiger partial charge in [-0.05, 0) is 49.2 Å². The highest BCUT2D eigenvalue weighted by Crippen LogP contribution is 2.24. The summed E-state index contributed by atoms with van der Waals surface area (Å²) in [7, 11) is 1.98. The fourth-order valence-corrected chi connectivity index (χ4v) is 2.68. The third kappa shape index (κ3) is 2.17. The number of rotatable bonds is 4. The first-order valence-corrected chi connectivity index (χ1v) is 6.92. The molecule has 0 aliphatic carbocycles. The Bertz CT molecular complexity index is 640. The van der Waals surface area contributed by atoms with Crippen molar-refractivity contribution in [3.63, 3.8) is 0 Å². The minimum atomic E-state index is 0.964. The molecule has 0 unspecified atom stereocenters. The first-order valence-electron chi connectivity index (χ1n) is 6.04. The predicted molar refractivity (Wildman–Crippen MR) is 77.0 cm³/mol. The second-order valence-corrected chi connectivity index (χ2v) is 5.22. The molecule has 2 N–H and O–H groups in total. The van der Waals surface area contributed by atoms with Gasteiger partial charge >= 0.3 is 0 Å². The molecule has 2 aromatic heterocycles. The smallest absolute Gasteiger partial charge is 0.148 e. The Labute approximate surface area is 110 Å². The van der Waals surface area contributed by atoms with Gasteiger partial charge in [0.15, 0.2) is 0 Å². The predicted octanol–water partition coefficient (Wildman–Crippen LogP) is 3.05. The fourth-order valence-electron chi connectivity index (χ4n) is 2.01. The van der Waals surface area contributed by atoms with Crippen LogP contribution in [0.5, 0.6) is 0 Å². The van der Waals surface area contributed by atoms with Crippen LogP contribution in [0.4, 0.5) is 0 Å². The number of H-pyrrole nitrogens is 1. The second kappa shape index (κ2) is 4.92. The number of thiophene rings is 1. The van der Waals surface area contributed by atoms with Crippen LogP contribution in [0.3, 0.4) is 0 Å². The van der Waals surface area contributed by atoms with Gasteiger partial charge in [-0.2, -0.15) is 0 Å². The van der Waals surface area contributed by atoms with Crippen LogP contribution in [-0.4, -0.2) is 23.6 Å². The molecule has 4 heteroatoms. The van der Waals surface area contributed by atoms with Gasteiger partial charge < -0.3 is 10.3 Å². The first-order chi connectivity index (χ1) is 8.86. The Hall–Kier alpha value is -1.65. The number of hydrogen-bond acceptors (Lipinski definition) is 3. The summed E-state index contributed by atoms with van der Waals surface area (Å²) in [5.41, 5.74) is 3.48. The van der Waals surface area contributed by atoms with Gasteiger partial charge in [0.1, 0.15) is 5.82 Å². The maximum absolute atomic E-state index is 4.62. The minimum Gasteiger partial charge on any atom is -0.337 e. The molecule has 18 heavy (non-hydrogen) atoms. The SMILES string of the molecule is CNCCc1ccc2nc(-c3cccs3)[nH]c2c1. The zero-order valence-corrected chi connectivity index (χ0v) is 11.1. The number of nitrogens with zero attached hydrogens (tertiary/aromatic N) is 1. The molecule has 0 amide bonds. The van der Waals surface area contributed by atoms with E-state index in [1.54, 1.807) is 11.3 Å². The van der Waals surface area contributed by atoms with Gasteiger partial charge in [-0.15, -0.1) is 11.3 Å². The molecule has 0 fully saturated rings. The molecular weight excluding hydrogens is 242 g/mol. The molecule has 0 aliphatic rings. The molecule has 0 radical (unpaired) electrons. The fraction of sp³-hybridized carbons (Fsp3) is 0.214. The van der Waals surface area contributed by atoms with Gasteiger partial charge in [0, 0.05) is 0 Å². The summed E-state index contributed by atoms with van der Waals surface area (Å²) in [6.07, 6.45) is 1.04. The van der Waals surface area contributed by atoms with Crippen molar-refractivity contribution in [2.24, 2.45) is 0 Å². The minimum absolute atomic E-state index is 0.964. The Morgan fingerprint density at radius 2 is 2.28 bits per heavy atom. The number of imidazole rings is 1. The Kier molecular flexibility index (Phi) is 3.13. The van der Waals surface area contributed by atoms with E-state index in [1.165, 1.54) is 10.4 Å². The average Bonchev–Trinajstić information content (AvgIpc) is 3.03. The van der Waals surface area contributed by atoms with E-state index in [0.717, 1.165) is 29.8 Å². The molecule has 3 rings (SSSR count). The van der Waals surface area contributed by atoms with Gasteiger partial charge in [0.05, 0.1) is 15.9 Å². The lowest BCUT2D eigenvalue weighted by Crippen LogP contribution is -2.10. The number of benzene rings is 1. The first kappa shape index (κ1) is 11.4. The number of hydrogen-bond donors (Lipinski definition) is 2. The normalized spacial score (nSPS) is 11.2. The lowest BCUT2D eigenvalue weighted by Gasteiger charge is -1.99. The zero-order chi connectivity index (χ0) is 12.4. The maximum atomic E-state index is 4.62. The lowest BCUT2D eigenvalue weighted by atomic mass is 10.1. The molecule has 2 heterocycles. The third-order valence-electron chi connectivity index (χ3n) is 2.96. The van der Waals surface area contributed by atoms with E-state index in [1.807, 2.05) is 13.1 Å². The molecule has 0 spiro atoms. The molecule has 0 aliphatic heterocycles. The monoisotopic (exact) mass is 257 g/mol. The van der Waals surface area contributed by atoms with E-state index < -0.39 is 0 Å². The molecule has 3 nitrogen and oxygen atoms in total. The highest BCUT2D eigenvalue weighted by atomic mass is 32.1. The van der Waals surface area contributed by atoms with Gasteiger partial charge in [-0.3, -0.25) is 0 Å². The van der Waals surface area contributed by atoms with Crippen LogP contribution in [0.15, 0.2) is 35.7 Å². The lowest BCUT2D eigenvalue weighted by molar-refractivity contribution is 0.792. The topological polar surface area (TPSA) is 40.7 Å². The van der Waals surface area contributed by atoms with Crippen molar-refractivity contribution in [1.29, 1.82) is 0 Å². The van der Waals surface area contributed by atoms with Gasteiger partial charge in [-0.25, -0.2) is 4.98 Å². The number of aromatic nitrogens is 2. The van der Waals surface area contributed by atoms with Crippen LogP contribution in [0.1, 0.15) is 5.56 Å². The van der Waals surface area contributed by atoms with Crippen molar-refractivity contribution < 1.29 is 0 Å². The second-order valence-electron chi connectivity index (χ2n) is 4.27. The Morgan fingerprint density at radius 3 is 3.06 bits per heavy atom. The summed E-state index contributed by atoms with van der Waals surface area (Å²) in [4.78, 5) is 9.19. The highest BCUT2D eigenvalue weighted by Gasteiger charge is 2.06. The summed E-state index contributed by atoms with van der Waals surface area (Å²) < 4.78 is 0. The van der Waals surface area contributed by atoms with Crippen LogP contribution >= 0.6 is 11.3 Å². The average molecular weight is 257 g/mol. The third-order valence-corrected chi connectivity index (χ3v) is 3.84. The number of fused-ring (bicyclic) bond motifs is 1. The molecule has 0 bridgehead atoms. The quantitative estimate of drug-likeness (QED) is 0.754. The van der Waals surface area contributed by atoms with Crippen LogP contribution < -0.4 is 5.32 Å². The Morgan fingerprint density at radius 1 is 1.33 bits per heavy atom. The van der Waals surface area contributed by atoms with Crippen molar-refractivity contribution in [1.82, 2.24) is 15.3 Å². The summed E-state index contributed by atoms with van der Waals surface area (Å²) in [6.45, 7) is 0.997.